The number of ether oxygens (including phenoxy) is 2. The van der Waals surface area contributed by atoms with Crippen molar-refractivity contribution in [3.8, 4) is 11.5 Å². The van der Waals surface area contributed by atoms with Crippen molar-refractivity contribution < 1.29 is 24.2 Å². The highest BCUT2D eigenvalue weighted by Crippen LogP contribution is 2.24. The number of pyridine rings is 1. The average molecular weight is 518 g/mol. The van der Waals surface area contributed by atoms with Crippen molar-refractivity contribution in [2.75, 3.05) is 25.6 Å². The minimum absolute atomic E-state index is 0.0440. The summed E-state index contributed by atoms with van der Waals surface area (Å²) in [7, 11) is 1.60. The quantitative estimate of drug-likeness (QED) is 0.298. The van der Waals surface area contributed by atoms with Crippen LogP contribution < -0.4 is 20.1 Å². The number of methoxy groups -OCH3 is 1. The average Bonchev–Trinajstić information content (AvgIpc) is 2.84. The Morgan fingerprint density at radius 3 is 2.43 bits per heavy atom. The Morgan fingerprint density at radius 2 is 1.77 bits per heavy atom. The molecule has 0 radical (unpaired) electrons. The molecule has 1 heterocycles. The molecule has 0 aliphatic rings. The standard InChI is InChI=1S/C25H25Cl2N3O5/c1-34-18-10-12-29-22(15-18)28-11-3-13-35-17-8-6-16(7-9-17)14-21(25(32)33)30-24(31)23-19(26)4-2-5-20(23)27/h2,4-10,12,15,21H,3,11,13-14H2,1H3,(H,28,29)(H,30,31)(H,32,33)/t21-/m0/s1. The summed E-state index contributed by atoms with van der Waals surface area (Å²) in [4.78, 5) is 28.5. The Balaban J connectivity index is 1.48. The number of nitrogens with zero attached hydrogens (tertiary/aromatic N) is 1. The molecular formula is C25H25Cl2N3O5. The van der Waals surface area contributed by atoms with E-state index in [2.05, 4.69) is 15.6 Å². The van der Waals surface area contributed by atoms with E-state index in [-0.39, 0.29) is 22.0 Å². The van der Waals surface area contributed by atoms with E-state index in [1.165, 1.54) is 12.1 Å². The molecule has 184 valence electrons. The number of nitrogens with one attached hydrogen (secondary N) is 2. The van der Waals surface area contributed by atoms with Crippen molar-refractivity contribution >= 4 is 40.9 Å². The number of carboxylic acid groups (broad SMARTS) is 1. The molecule has 0 saturated heterocycles. The van der Waals surface area contributed by atoms with Gasteiger partial charge in [-0.2, -0.15) is 0 Å². The number of benzene rings is 2. The summed E-state index contributed by atoms with van der Waals surface area (Å²) in [6.45, 7) is 1.16. The van der Waals surface area contributed by atoms with Crippen LogP contribution in [-0.4, -0.2) is 48.3 Å². The van der Waals surface area contributed by atoms with Crippen LogP contribution in [0.5, 0.6) is 11.5 Å². The molecule has 0 aliphatic carbocycles. The van der Waals surface area contributed by atoms with Gasteiger partial charge in [0.1, 0.15) is 23.4 Å². The Bertz CT molecular complexity index is 1140. The number of carbonyl (C=O) groups excluding carboxylic acids is 1. The van der Waals surface area contributed by atoms with E-state index in [9.17, 15) is 14.7 Å². The Morgan fingerprint density at radius 1 is 1.06 bits per heavy atom. The van der Waals surface area contributed by atoms with Crippen molar-refractivity contribution in [2.24, 2.45) is 0 Å². The molecule has 2 aromatic carbocycles. The van der Waals surface area contributed by atoms with E-state index >= 15 is 0 Å². The Labute approximate surface area is 213 Å². The van der Waals surface area contributed by atoms with Crippen LogP contribution >= 0.6 is 23.2 Å². The van der Waals surface area contributed by atoms with Gasteiger partial charge in [0.15, 0.2) is 0 Å². The molecule has 0 aliphatic heterocycles. The van der Waals surface area contributed by atoms with Crippen molar-refractivity contribution in [1.29, 1.82) is 0 Å². The van der Waals surface area contributed by atoms with Crippen LogP contribution in [-0.2, 0) is 11.2 Å². The largest absolute Gasteiger partial charge is 0.497 e. The zero-order chi connectivity index (χ0) is 25.2. The molecule has 0 fully saturated rings. The minimum Gasteiger partial charge on any atom is -0.497 e. The van der Waals surface area contributed by atoms with Gasteiger partial charge < -0.3 is 25.2 Å². The van der Waals surface area contributed by atoms with Gasteiger partial charge in [-0.3, -0.25) is 4.79 Å². The topological polar surface area (TPSA) is 110 Å². The van der Waals surface area contributed by atoms with Gasteiger partial charge in [-0.1, -0.05) is 41.4 Å². The summed E-state index contributed by atoms with van der Waals surface area (Å²) < 4.78 is 10.9. The molecule has 35 heavy (non-hydrogen) atoms. The smallest absolute Gasteiger partial charge is 0.326 e. The van der Waals surface area contributed by atoms with E-state index < -0.39 is 17.9 Å². The number of amides is 1. The van der Waals surface area contributed by atoms with Crippen LogP contribution in [0.2, 0.25) is 10.0 Å². The number of aromatic nitrogens is 1. The number of anilines is 1. The molecular weight excluding hydrogens is 493 g/mol. The lowest BCUT2D eigenvalue weighted by Crippen LogP contribution is -2.42. The van der Waals surface area contributed by atoms with Crippen LogP contribution in [0, 0.1) is 0 Å². The van der Waals surface area contributed by atoms with Crippen LogP contribution in [0.4, 0.5) is 5.82 Å². The molecule has 10 heteroatoms. The molecule has 1 amide bonds. The molecule has 3 aromatic rings. The highest BCUT2D eigenvalue weighted by atomic mass is 35.5. The lowest BCUT2D eigenvalue weighted by atomic mass is 10.1. The number of carboxylic acids is 1. The maximum absolute atomic E-state index is 12.6. The first kappa shape index (κ1) is 26.1. The van der Waals surface area contributed by atoms with Crippen molar-refractivity contribution in [1.82, 2.24) is 10.3 Å². The van der Waals surface area contributed by atoms with E-state index in [0.29, 0.717) is 18.9 Å². The van der Waals surface area contributed by atoms with E-state index in [1.807, 2.05) is 6.07 Å². The predicted molar refractivity (Wildman–Crippen MR) is 135 cm³/mol. The van der Waals surface area contributed by atoms with Gasteiger partial charge in [0.2, 0.25) is 0 Å². The number of carbonyl (C=O) groups is 2. The maximum Gasteiger partial charge on any atom is 0.326 e. The zero-order valence-electron chi connectivity index (χ0n) is 19.0. The summed E-state index contributed by atoms with van der Waals surface area (Å²) in [5.74, 6) is 0.305. The second-order valence-electron chi connectivity index (χ2n) is 7.52. The Kier molecular flexibility index (Phi) is 9.57. The number of hydrogen-bond acceptors (Lipinski definition) is 6. The number of aliphatic carboxylic acids is 1. The summed E-state index contributed by atoms with van der Waals surface area (Å²) >= 11 is 12.1. The molecule has 0 spiro atoms. The van der Waals surface area contributed by atoms with Crippen LogP contribution in [0.15, 0.2) is 60.8 Å². The van der Waals surface area contributed by atoms with E-state index in [1.54, 1.807) is 49.7 Å². The SMILES string of the molecule is COc1ccnc(NCCCOc2ccc(C[C@H](NC(=O)c3c(Cl)cccc3Cl)C(=O)O)cc2)c1. The third-order valence-electron chi connectivity index (χ3n) is 5.02. The predicted octanol–water partition coefficient (Wildman–Crippen LogP) is 4.70. The van der Waals surface area contributed by atoms with Gasteiger partial charge in [0.25, 0.3) is 5.91 Å². The number of halogens is 2. The lowest BCUT2D eigenvalue weighted by Gasteiger charge is -2.16. The Hall–Kier alpha value is -3.49. The van der Waals surface area contributed by atoms with Crippen molar-refractivity contribution in [3.63, 3.8) is 0 Å². The first-order valence-electron chi connectivity index (χ1n) is 10.8. The highest BCUT2D eigenvalue weighted by molar-refractivity contribution is 6.39. The first-order chi connectivity index (χ1) is 16.9. The van der Waals surface area contributed by atoms with Crippen LogP contribution in [0.3, 0.4) is 0 Å². The van der Waals surface area contributed by atoms with E-state index in [0.717, 1.165) is 23.6 Å². The molecule has 3 N–H and O–H groups in total. The van der Waals surface area contributed by atoms with Crippen molar-refractivity contribution in [3.05, 3.63) is 82.0 Å². The molecule has 8 nitrogen and oxygen atoms in total. The molecule has 0 bridgehead atoms. The summed E-state index contributed by atoms with van der Waals surface area (Å²) in [6.07, 6.45) is 2.50. The second kappa shape index (κ2) is 12.8. The summed E-state index contributed by atoms with van der Waals surface area (Å²) in [6, 6.07) is 14.1. The number of hydrogen-bond donors (Lipinski definition) is 3. The van der Waals surface area contributed by atoms with E-state index in [4.69, 9.17) is 32.7 Å². The van der Waals surface area contributed by atoms with Crippen molar-refractivity contribution in [2.45, 2.75) is 18.9 Å². The van der Waals surface area contributed by atoms with Gasteiger partial charge in [0.05, 0.1) is 29.3 Å². The lowest BCUT2D eigenvalue weighted by molar-refractivity contribution is -0.139. The molecule has 0 unspecified atom stereocenters. The van der Waals surface area contributed by atoms with Gasteiger partial charge in [0, 0.05) is 25.2 Å². The van der Waals surface area contributed by atoms with Gasteiger partial charge in [-0.05, 0) is 42.3 Å². The molecule has 1 atom stereocenters. The molecule has 1 aromatic heterocycles. The fourth-order valence-electron chi connectivity index (χ4n) is 3.22. The minimum atomic E-state index is -1.17. The maximum atomic E-state index is 12.6. The third kappa shape index (κ3) is 7.77. The zero-order valence-corrected chi connectivity index (χ0v) is 20.5. The first-order valence-corrected chi connectivity index (χ1v) is 11.6. The number of rotatable bonds is 12. The third-order valence-corrected chi connectivity index (χ3v) is 5.65. The van der Waals surface area contributed by atoms with Crippen LogP contribution in [0.25, 0.3) is 0 Å². The van der Waals surface area contributed by atoms with Gasteiger partial charge in [-0.25, -0.2) is 9.78 Å². The monoisotopic (exact) mass is 517 g/mol. The summed E-state index contributed by atoms with van der Waals surface area (Å²) in [5.41, 5.74) is 0.767. The summed E-state index contributed by atoms with van der Waals surface area (Å²) in [5, 5.41) is 15.6. The normalized spacial score (nSPS) is 11.4. The fraction of sp³-hybridized carbons (Fsp3) is 0.240. The van der Waals surface area contributed by atoms with Crippen LogP contribution in [0.1, 0.15) is 22.3 Å². The fourth-order valence-corrected chi connectivity index (χ4v) is 3.79. The van der Waals surface area contributed by atoms with Gasteiger partial charge >= 0.3 is 5.97 Å². The van der Waals surface area contributed by atoms with Gasteiger partial charge in [-0.15, -0.1) is 0 Å². The molecule has 0 saturated carbocycles. The highest BCUT2D eigenvalue weighted by Gasteiger charge is 2.23. The molecule has 3 rings (SSSR count). The second-order valence-corrected chi connectivity index (χ2v) is 8.33.